The Kier molecular flexibility index (Phi) is 12.4. The molecule has 7 rings (SSSR count). The van der Waals surface area contributed by atoms with Crippen molar-refractivity contribution in [2.45, 2.75) is 70.8 Å². The number of hydrogen-bond acceptors (Lipinski definition) is 8. The number of halogens is 1. The van der Waals surface area contributed by atoms with Gasteiger partial charge >= 0.3 is 14.2 Å². The Morgan fingerprint density at radius 1 is 0.948 bits per heavy atom. The third-order valence-corrected chi connectivity index (χ3v) is 17.4. The number of aromatic hydroxyl groups is 1. The largest absolute Gasteiger partial charge is 0.508 e. The van der Waals surface area contributed by atoms with Gasteiger partial charge in [0.15, 0.2) is 0 Å². The normalized spacial score (nSPS) is 21.3. The molecule has 2 amide bonds. The SMILES string of the molecule is CC/C(=C\c1ccc(O)cc1Cl)CC[C@H]1OB(O)C[C@H]2C1=C(CO[Si](c1ccccc1)(c1ccccc1)C(C)(C)C)C[C@H]1C(=O)N(c3cccc(B(O)O)c3)C(=O)[C@H]12. The van der Waals surface area contributed by atoms with Gasteiger partial charge in [0.2, 0.25) is 11.8 Å². The molecule has 0 aromatic heterocycles. The first-order valence-corrected chi connectivity index (χ1v) is 22.3. The van der Waals surface area contributed by atoms with Gasteiger partial charge in [-0.05, 0) is 106 Å². The van der Waals surface area contributed by atoms with Crippen molar-refractivity contribution in [2.24, 2.45) is 17.8 Å². The summed E-state index contributed by atoms with van der Waals surface area (Å²) in [7, 11) is -5.98. The summed E-state index contributed by atoms with van der Waals surface area (Å²) < 4.78 is 13.9. The second-order valence-electron chi connectivity index (χ2n) is 16.6. The summed E-state index contributed by atoms with van der Waals surface area (Å²) in [5.41, 5.74) is 4.13. The van der Waals surface area contributed by atoms with E-state index in [1.165, 1.54) is 23.1 Å². The van der Waals surface area contributed by atoms with E-state index in [0.717, 1.165) is 39.1 Å². The van der Waals surface area contributed by atoms with E-state index in [9.17, 15) is 29.8 Å². The molecule has 58 heavy (non-hydrogen) atoms. The lowest BCUT2D eigenvalue weighted by Crippen LogP contribution is -2.66. The number of phenols is 1. The van der Waals surface area contributed by atoms with E-state index in [-0.39, 0.29) is 53.1 Å². The number of benzene rings is 4. The van der Waals surface area contributed by atoms with Crippen molar-refractivity contribution in [1.29, 1.82) is 0 Å². The van der Waals surface area contributed by atoms with E-state index >= 15 is 0 Å². The average Bonchev–Trinajstić information content (AvgIpc) is 3.45. The summed E-state index contributed by atoms with van der Waals surface area (Å²) in [4.78, 5) is 30.2. The summed E-state index contributed by atoms with van der Waals surface area (Å²) in [5.74, 6) is -2.61. The third-order valence-electron chi connectivity index (χ3n) is 12.1. The van der Waals surface area contributed by atoms with Crippen LogP contribution in [0.5, 0.6) is 5.75 Å². The van der Waals surface area contributed by atoms with Gasteiger partial charge in [-0.3, -0.25) is 14.5 Å². The van der Waals surface area contributed by atoms with Gasteiger partial charge in [0, 0.05) is 0 Å². The molecule has 4 aromatic carbocycles. The maximum Gasteiger partial charge on any atom is 0.488 e. The first-order chi connectivity index (χ1) is 27.7. The number of amides is 2. The molecule has 2 heterocycles. The van der Waals surface area contributed by atoms with Crippen LogP contribution in [0.4, 0.5) is 5.69 Å². The number of anilines is 1. The number of fused-ring (bicyclic) bond motifs is 3. The predicted octanol–water partition coefficient (Wildman–Crippen LogP) is 5.88. The maximum atomic E-state index is 14.6. The lowest BCUT2D eigenvalue weighted by molar-refractivity contribution is -0.122. The minimum atomic E-state index is -3.04. The van der Waals surface area contributed by atoms with Gasteiger partial charge in [-0.1, -0.05) is 124 Å². The molecule has 300 valence electrons. The molecule has 4 aromatic rings. The number of rotatable bonds is 12. The molecule has 0 spiro atoms. The minimum absolute atomic E-state index is 0.0865. The molecule has 3 aliphatic rings. The van der Waals surface area contributed by atoms with Crippen LogP contribution in [0.3, 0.4) is 0 Å². The molecule has 0 bridgehead atoms. The highest BCUT2D eigenvalue weighted by molar-refractivity contribution is 6.99. The number of phenolic OH excluding ortho intramolecular Hbond substituents is 1. The summed E-state index contributed by atoms with van der Waals surface area (Å²) in [6.45, 7) is 8.91. The molecule has 13 heteroatoms. The van der Waals surface area contributed by atoms with Gasteiger partial charge < -0.3 is 29.3 Å². The minimum Gasteiger partial charge on any atom is -0.508 e. The van der Waals surface area contributed by atoms with Crippen LogP contribution < -0.4 is 20.7 Å². The second kappa shape index (κ2) is 17.1. The monoisotopic (exact) mass is 817 g/mol. The lowest BCUT2D eigenvalue weighted by atomic mass is 9.58. The topological polar surface area (TPSA) is 137 Å². The van der Waals surface area contributed by atoms with Crippen molar-refractivity contribution >= 4 is 73.6 Å². The van der Waals surface area contributed by atoms with Crippen LogP contribution in [0, 0.1) is 17.8 Å². The van der Waals surface area contributed by atoms with E-state index in [0.29, 0.717) is 17.9 Å². The third kappa shape index (κ3) is 8.04. The Labute approximate surface area is 347 Å². The number of imide groups is 1. The molecule has 0 saturated carbocycles. The highest BCUT2D eigenvalue weighted by atomic mass is 35.5. The average molecular weight is 818 g/mol. The number of nitrogens with zero attached hydrogens (tertiary/aromatic N) is 1. The quantitative estimate of drug-likeness (QED) is 0.0792. The van der Waals surface area contributed by atoms with Gasteiger partial charge in [0.1, 0.15) is 5.75 Å². The van der Waals surface area contributed by atoms with Crippen LogP contribution in [-0.2, 0) is 18.7 Å². The maximum absolute atomic E-state index is 14.6. The molecule has 2 aliphatic heterocycles. The van der Waals surface area contributed by atoms with E-state index in [1.807, 2.05) is 42.5 Å². The number of carbonyl (C=O) groups is 2. The van der Waals surface area contributed by atoms with Gasteiger partial charge in [0.05, 0.1) is 35.3 Å². The molecule has 2 fully saturated rings. The lowest BCUT2D eigenvalue weighted by Gasteiger charge is -2.46. The zero-order chi connectivity index (χ0) is 41.4. The Bertz CT molecular complexity index is 2170. The van der Waals surface area contributed by atoms with Crippen molar-refractivity contribution in [3.63, 3.8) is 0 Å². The van der Waals surface area contributed by atoms with Crippen molar-refractivity contribution in [2.75, 3.05) is 11.5 Å². The van der Waals surface area contributed by atoms with Crippen LogP contribution in [0.2, 0.25) is 16.4 Å². The van der Waals surface area contributed by atoms with E-state index < -0.39 is 46.4 Å². The Morgan fingerprint density at radius 3 is 2.22 bits per heavy atom. The summed E-state index contributed by atoms with van der Waals surface area (Å²) in [6.07, 6.45) is 3.69. The molecule has 4 atom stereocenters. The standard InChI is InChI=1S/C45H50B2ClNO8Si/c1-5-29(23-30-20-21-34(50)26-39(30)48)19-22-40-41-31(28-56-58(45(2,3)4,35-15-8-6-9-16-35)36-17-10-7-11-18-36)24-37-42(38(41)27-46(53)57-40)44(52)49(43(37)51)33-14-12-13-32(25-33)47(54)55/h6-18,20-21,23,25-26,37-38,40,42,50,53-55H,5,19,22,24,27-28H2,1-4H3/b29-23+/t37-,38+,40-,42-/m1/s1. The molecular weight excluding hydrogens is 768 g/mol. The fraction of sp³-hybridized carbons (Fsp3) is 0.333. The van der Waals surface area contributed by atoms with Crippen molar-refractivity contribution in [1.82, 2.24) is 0 Å². The summed E-state index contributed by atoms with van der Waals surface area (Å²) in [5, 5.41) is 43.5. The van der Waals surface area contributed by atoms with Crippen molar-refractivity contribution < 1.29 is 38.8 Å². The smallest absolute Gasteiger partial charge is 0.488 e. The molecular formula is C45H50B2ClNO8Si. The molecule has 0 radical (unpaired) electrons. The number of allylic oxidation sites excluding steroid dienone is 1. The first kappa shape index (κ1) is 41.9. The van der Waals surface area contributed by atoms with Crippen molar-refractivity contribution in [3.8, 4) is 5.75 Å². The fourth-order valence-corrected chi connectivity index (χ4v) is 14.2. The Balaban J connectivity index is 1.32. The van der Waals surface area contributed by atoms with Crippen LogP contribution >= 0.6 is 11.6 Å². The summed E-state index contributed by atoms with van der Waals surface area (Å²) in [6, 6.07) is 31.8. The van der Waals surface area contributed by atoms with E-state index in [4.69, 9.17) is 20.7 Å². The predicted molar refractivity (Wildman–Crippen MR) is 233 cm³/mol. The Morgan fingerprint density at radius 2 is 1.62 bits per heavy atom. The zero-order valence-corrected chi connectivity index (χ0v) is 35.1. The van der Waals surface area contributed by atoms with Crippen LogP contribution in [0.1, 0.15) is 58.9 Å². The molecule has 0 unspecified atom stereocenters. The van der Waals surface area contributed by atoms with Crippen LogP contribution in [0.25, 0.3) is 6.08 Å². The van der Waals surface area contributed by atoms with Crippen LogP contribution in [-0.4, -0.2) is 67.3 Å². The highest BCUT2D eigenvalue weighted by Crippen LogP contribution is 2.52. The fourth-order valence-electron chi connectivity index (χ4n) is 9.45. The van der Waals surface area contributed by atoms with E-state index in [1.54, 1.807) is 24.3 Å². The van der Waals surface area contributed by atoms with Gasteiger partial charge in [0.25, 0.3) is 8.32 Å². The molecule has 9 nitrogen and oxygen atoms in total. The first-order valence-electron chi connectivity index (χ1n) is 20.1. The zero-order valence-electron chi connectivity index (χ0n) is 33.3. The van der Waals surface area contributed by atoms with Gasteiger partial charge in [-0.25, -0.2) is 0 Å². The Hall–Kier alpha value is -4.26. The van der Waals surface area contributed by atoms with Gasteiger partial charge in [-0.2, -0.15) is 0 Å². The van der Waals surface area contributed by atoms with E-state index in [2.05, 4.69) is 52.0 Å². The summed E-state index contributed by atoms with van der Waals surface area (Å²) >= 11 is 6.49. The molecule has 2 saturated heterocycles. The van der Waals surface area contributed by atoms with Crippen LogP contribution in [0.15, 0.2) is 120 Å². The van der Waals surface area contributed by atoms with Crippen molar-refractivity contribution in [3.05, 3.63) is 130 Å². The molecule has 1 aliphatic carbocycles. The number of hydrogen-bond donors (Lipinski definition) is 4. The highest BCUT2D eigenvalue weighted by Gasteiger charge is 2.58. The number of carbonyl (C=O) groups excluding carboxylic acids is 2. The molecule has 4 N–H and O–H groups in total. The second-order valence-corrected chi connectivity index (χ2v) is 21.4. The van der Waals surface area contributed by atoms with Gasteiger partial charge in [-0.15, -0.1) is 0 Å².